The lowest BCUT2D eigenvalue weighted by Crippen LogP contribution is -2.17. The Morgan fingerprint density at radius 2 is 1.79 bits per heavy atom. The van der Waals surface area contributed by atoms with Crippen LogP contribution in [0, 0.1) is 6.92 Å². The number of carbonyl (C=O) groups is 1. The Balaban J connectivity index is 2.61. The lowest BCUT2D eigenvalue weighted by Gasteiger charge is -2.25. The molecule has 0 aliphatic heterocycles. The zero-order valence-corrected chi connectivity index (χ0v) is 17.1. The molecule has 0 aliphatic rings. The number of Topliss-reactive ketones (excluding diaryl/α,β-unsaturated/α-hetero) is 1. The van der Waals surface area contributed by atoms with Gasteiger partial charge in [-0.25, -0.2) is 0 Å². The molecular weight excluding hydrogens is 381 g/mol. The zero-order chi connectivity index (χ0) is 21.9. The first-order valence-corrected chi connectivity index (χ1v) is 9.15. The molecule has 2 rings (SSSR count). The molecule has 156 valence electrons. The molecule has 2 aromatic rings. The molecule has 0 aliphatic carbocycles. The maximum absolute atomic E-state index is 12.4. The first-order chi connectivity index (χ1) is 13.4. The van der Waals surface area contributed by atoms with Crippen LogP contribution in [0.2, 0.25) is 0 Å². The number of rotatable bonds is 6. The molecule has 29 heavy (non-hydrogen) atoms. The molecule has 2 aromatic carbocycles. The molecule has 0 fully saturated rings. The largest absolute Gasteiger partial charge is 0.573 e. The molecule has 0 spiro atoms. The summed E-state index contributed by atoms with van der Waals surface area (Å²) in [6.07, 6.45) is -1.95. The fraction of sp³-hybridized carbons (Fsp3) is 0.318. The Hall–Kier alpha value is -2.96. The van der Waals surface area contributed by atoms with Gasteiger partial charge in [-0.15, -0.1) is 13.2 Å². The molecule has 0 heterocycles. The standard InChI is InChI=1S/C22H25F3N2O2/c1-6-13(2)12-27(5)21-14(3)18(11-19(26)20(21)15(4)28)16-7-9-17(10-8-16)29-22(23,24)25/h7-12H,6,26H2,1-5H3/b13-12+. The third-order valence-electron chi connectivity index (χ3n) is 4.66. The van der Waals surface area contributed by atoms with E-state index in [4.69, 9.17) is 5.73 Å². The van der Waals surface area contributed by atoms with E-state index >= 15 is 0 Å². The van der Waals surface area contributed by atoms with Crippen molar-refractivity contribution in [3.8, 4) is 16.9 Å². The van der Waals surface area contributed by atoms with E-state index in [1.54, 1.807) is 6.07 Å². The number of hydrogen-bond donors (Lipinski definition) is 1. The highest BCUT2D eigenvalue weighted by atomic mass is 19.4. The Bertz CT molecular complexity index is 933. The number of halogens is 3. The summed E-state index contributed by atoms with van der Waals surface area (Å²) in [6, 6.07) is 7.25. The molecule has 0 saturated carbocycles. The van der Waals surface area contributed by atoms with Gasteiger partial charge in [0.05, 0.1) is 11.3 Å². The van der Waals surface area contributed by atoms with Gasteiger partial charge in [-0.1, -0.05) is 24.6 Å². The van der Waals surface area contributed by atoms with E-state index in [1.807, 2.05) is 38.9 Å². The van der Waals surface area contributed by atoms with E-state index < -0.39 is 6.36 Å². The number of hydrogen-bond acceptors (Lipinski definition) is 4. The number of anilines is 2. The third kappa shape index (κ3) is 5.31. The van der Waals surface area contributed by atoms with Crippen LogP contribution in [-0.4, -0.2) is 19.2 Å². The topological polar surface area (TPSA) is 55.6 Å². The van der Waals surface area contributed by atoms with Crippen molar-refractivity contribution in [1.82, 2.24) is 0 Å². The van der Waals surface area contributed by atoms with Crippen molar-refractivity contribution in [3.05, 3.63) is 53.2 Å². The van der Waals surface area contributed by atoms with Crippen LogP contribution >= 0.6 is 0 Å². The maximum atomic E-state index is 12.4. The van der Waals surface area contributed by atoms with Gasteiger partial charge in [0, 0.05) is 18.9 Å². The summed E-state index contributed by atoms with van der Waals surface area (Å²) in [5, 5.41) is 0. The molecule has 0 atom stereocenters. The number of nitrogens with two attached hydrogens (primary N) is 1. The second kappa shape index (κ2) is 8.59. The fourth-order valence-electron chi connectivity index (χ4n) is 3.22. The lowest BCUT2D eigenvalue weighted by atomic mass is 9.92. The molecular formula is C22H25F3N2O2. The van der Waals surface area contributed by atoms with E-state index in [0.29, 0.717) is 22.5 Å². The molecule has 2 N–H and O–H groups in total. The van der Waals surface area contributed by atoms with Crippen molar-refractivity contribution < 1.29 is 22.7 Å². The number of nitrogen functional groups attached to an aromatic ring is 1. The van der Waals surface area contributed by atoms with Gasteiger partial charge in [0.2, 0.25) is 0 Å². The average molecular weight is 406 g/mol. The van der Waals surface area contributed by atoms with Crippen molar-refractivity contribution in [2.45, 2.75) is 40.5 Å². The average Bonchev–Trinajstić information content (AvgIpc) is 2.61. The Morgan fingerprint density at radius 3 is 2.28 bits per heavy atom. The summed E-state index contributed by atoms with van der Waals surface area (Å²) in [5.41, 5.74) is 10.9. The van der Waals surface area contributed by atoms with Crippen LogP contribution in [0.4, 0.5) is 24.5 Å². The van der Waals surface area contributed by atoms with Crippen molar-refractivity contribution >= 4 is 17.2 Å². The number of alkyl halides is 3. The van der Waals surface area contributed by atoms with Gasteiger partial charge in [-0.3, -0.25) is 4.79 Å². The first-order valence-electron chi connectivity index (χ1n) is 9.15. The van der Waals surface area contributed by atoms with Crippen molar-refractivity contribution in [1.29, 1.82) is 0 Å². The van der Waals surface area contributed by atoms with Gasteiger partial charge in [0.25, 0.3) is 0 Å². The number of nitrogens with zero attached hydrogens (tertiary/aromatic N) is 1. The number of ketones is 1. The molecule has 7 heteroatoms. The van der Waals surface area contributed by atoms with E-state index in [2.05, 4.69) is 4.74 Å². The van der Waals surface area contributed by atoms with E-state index in [1.165, 1.54) is 31.2 Å². The predicted molar refractivity (Wildman–Crippen MR) is 110 cm³/mol. The minimum atomic E-state index is -4.75. The molecule has 0 bridgehead atoms. The van der Waals surface area contributed by atoms with E-state index in [0.717, 1.165) is 23.1 Å². The van der Waals surface area contributed by atoms with Crippen LogP contribution in [0.25, 0.3) is 11.1 Å². The summed E-state index contributed by atoms with van der Waals surface area (Å²) < 4.78 is 41.1. The summed E-state index contributed by atoms with van der Waals surface area (Å²) in [6.45, 7) is 7.35. The summed E-state index contributed by atoms with van der Waals surface area (Å²) >= 11 is 0. The third-order valence-corrected chi connectivity index (χ3v) is 4.66. The molecule has 0 aromatic heterocycles. The Labute approximate surface area is 168 Å². The van der Waals surface area contributed by atoms with Gasteiger partial charge >= 0.3 is 6.36 Å². The van der Waals surface area contributed by atoms with Crippen LogP contribution in [0.1, 0.15) is 43.1 Å². The monoisotopic (exact) mass is 406 g/mol. The second-order valence-corrected chi connectivity index (χ2v) is 6.93. The molecule has 4 nitrogen and oxygen atoms in total. The number of allylic oxidation sites excluding steroid dienone is 1. The molecule has 0 radical (unpaired) electrons. The Morgan fingerprint density at radius 1 is 1.21 bits per heavy atom. The minimum absolute atomic E-state index is 0.157. The highest BCUT2D eigenvalue weighted by molar-refractivity contribution is 6.07. The number of ether oxygens (including phenoxy) is 1. The molecule has 0 unspecified atom stereocenters. The highest BCUT2D eigenvalue weighted by Gasteiger charge is 2.31. The maximum Gasteiger partial charge on any atom is 0.573 e. The van der Waals surface area contributed by atoms with Gasteiger partial charge in [-0.2, -0.15) is 0 Å². The van der Waals surface area contributed by atoms with Gasteiger partial charge in [0.15, 0.2) is 5.78 Å². The smallest absolute Gasteiger partial charge is 0.406 e. The van der Waals surface area contributed by atoms with Crippen LogP contribution in [0.15, 0.2) is 42.1 Å². The van der Waals surface area contributed by atoms with Gasteiger partial charge < -0.3 is 15.4 Å². The summed E-state index contributed by atoms with van der Waals surface area (Å²) in [7, 11) is 1.84. The lowest BCUT2D eigenvalue weighted by molar-refractivity contribution is -0.274. The quantitative estimate of drug-likeness (QED) is 0.465. The SMILES string of the molecule is CC/C(C)=C/N(C)c1c(C)c(-c2ccc(OC(F)(F)F)cc2)cc(N)c1C(C)=O. The van der Waals surface area contributed by atoms with E-state index in [-0.39, 0.29) is 11.5 Å². The van der Waals surface area contributed by atoms with E-state index in [9.17, 15) is 18.0 Å². The van der Waals surface area contributed by atoms with Crippen molar-refractivity contribution in [2.75, 3.05) is 17.7 Å². The molecule has 0 saturated heterocycles. The minimum Gasteiger partial charge on any atom is -0.406 e. The zero-order valence-electron chi connectivity index (χ0n) is 17.1. The van der Waals surface area contributed by atoms with Crippen LogP contribution in [0.3, 0.4) is 0 Å². The van der Waals surface area contributed by atoms with Crippen LogP contribution < -0.4 is 15.4 Å². The van der Waals surface area contributed by atoms with Crippen LogP contribution in [-0.2, 0) is 0 Å². The van der Waals surface area contributed by atoms with Crippen molar-refractivity contribution in [3.63, 3.8) is 0 Å². The molecule has 0 amide bonds. The number of benzene rings is 2. The Kier molecular flexibility index (Phi) is 6.62. The van der Waals surface area contributed by atoms with Crippen LogP contribution in [0.5, 0.6) is 5.75 Å². The summed E-state index contributed by atoms with van der Waals surface area (Å²) in [5.74, 6) is -0.457. The van der Waals surface area contributed by atoms with Gasteiger partial charge in [-0.05, 0) is 62.1 Å². The second-order valence-electron chi connectivity index (χ2n) is 6.93. The predicted octanol–water partition coefficient (Wildman–Crippen LogP) is 6.10. The summed E-state index contributed by atoms with van der Waals surface area (Å²) in [4.78, 5) is 14.1. The first kappa shape index (κ1) is 22.3. The normalized spacial score (nSPS) is 12.1. The fourth-order valence-corrected chi connectivity index (χ4v) is 3.22. The highest BCUT2D eigenvalue weighted by Crippen LogP contribution is 2.38. The van der Waals surface area contributed by atoms with Gasteiger partial charge in [0.1, 0.15) is 5.75 Å². The van der Waals surface area contributed by atoms with Crippen molar-refractivity contribution in [2.24, 2.45) is 0 Å². The number of carbonyl (C=O) groups excluding carboxylic acids is 1.